The van der Waals surface area contributed by atoms with Gasteiger partial charge in [-0.1, -0.05) is 23.2 Å². The van der Waals surface area contributed by atoms with Crippen LogP contribution in [0.3, 0.4) is 0 Å². The second-order valence-corrected chi connectivity index (χ2v) is 10.7. The number of carbonyl (C=O) groups excluding carboxylic acids is 3. The van der Waals surface area contributed by atoms with Crippen LogP contribution in [0.2, 0.25) is 10.0 Å². The van der Waals surface area contributed by atoms with E-state index in [1.807, 2.05) is 0 Å². The lowest BCUT2D eigenvalue weighted by molar-refractivity contribution is -0.127. The second-order valence-electron chi connectivity index (χ2n) is 9.91. The summed E-state index contributed by atoms with van der Waals surface area (Å²) >= 11 is 11.4. The molecular weight excluding hydrogens is 559 g/mol. The minimum absolute atomic E-state index is 0.0648. The maximum absolute atomic E-state index is 13.7. The van der Waals surface area contributed by atoms with E-state index in [4.69, 9.17) is 37.4 Å². The van der Waals surface area contributed by atoms with Gasteiger partial charge in [0.25, 0.3) is 11.8 Å². The lowest BCUT2D eigenvalue weighted by atomic mass is 9.88. The highest BCUT2D eigenvalue weighted by atomic mass is 35.5. The predicted molar refractivity (Wildman–Crippen MR) is 138 cm³/mol. The van der Waals surface area contributed by atoms with Gasteiger partial charge < -0.3 is 29.7 Å². The molecule has 2 aromatic carbocycles. The predicted octanol–water partition coefficient (Wildman–Crippen LogP) is 4.09. The molecule has 2 aliphatic rings. The van der Waals surface area contributed by atoms with Crippen LogP contribution in [0.15, 0.2) is 36.4 Å². The van der Waals surface area contributed by atoms with Gasteiger partial charge in [-0.2, -0.15) is 0 Å². The van der Waals surface area contributed by atoms with Crippen LogP contribution in [0.4, 0.5) is 13.6 Å². The van der Waals surface area contributed by atoms with Crippen LogP contribution in [0.25, 0.3) is 0 Å². The minimum Gasteiger partial charge on any atom is -0.484 e. The summed E-state index contributed by atoms with van der Waals surface area (Å²) in [6, 6.07) is 7.67. The van der Waals surface area contributed by atoms with Crippen molar-refractivity contribution in [1.29, 1.82) is 0 Å². The van der Waals surface area contributed by atoms with Crippen molar-refractivity contribution in [2.24, 2.45) is 0 Å². The highest BCUT2D eigenvalue weighted by Crippen LogP contribution is 2.52. The average Bonchev–Trinajstić information content (AvgIpc) is 3.37. The van der Waals surface area contributed by atoms with Gasteiger partial charge in [-0.05, 0) is 43.5 Å². The van der Waals surface area contributed by atoms with Crippen molar-refractivity contribution in [3.05, 3.63) is 58.1 Å². The van der Waals surface area contributed by atoms with E-state index in [1.54, 1.807) is 0 Å². The van der Waals surface area contributed by atoms with Crippen LogP contribution in [0.5, 0.6) is 11.5 Å². The SMILES string of the molecule is CN(C)C(=O)OC1CC2(NC(=O)COc3ccc(Cl)c(F)c3)CCC1(NC(=O)COc1ccc(Cl)c(F)c1)C2. The molecule has 2 saturated carbocycles. The van der Waals surface area contributed by atoms with Gasteiger partial charge >= 0.3 is 6.09 Å². The molecule has 0 heterocycles. The number of hydrogen-bond donors (Lipinski definition) is 2. The number of nitrogens with zero attached hydrogens (tertiary/aromatic N) is 1. The summed E-state index contributed by atoms with van der Waals surface area (Å²) in [5.41, 5.74) is -1.72. The zero-order valence-electron chi connectivity index (χ0n) is 21.2. The molecule has 2 N–H and O–H groups in total. The molecule has 0 aromatic heterocycles. The first-order valence-corrected chi connectivity index (χ1v) is 12.8. The summed E-state index contributed by atoms with van der Waals surface area (Å²) in [6.07, 6.45) is 0.163. The van der Waals surface area contributed by atoms with Gasteiger partial charge in [0.15, 0.2) is 13.2 Å². The van der Waals surface area contributed by atoms with Crippen LogP contribution in [-0.2, 0) is 14.3 Å². The smallest absolute Gasteiger partial charge is 0.409 e. The Morgan fingerprint density at radius 3 is 1.97 bits per heavy atom. The maximum atomic E-state index is 13.7. The molecule has 2 bridgehead atoms. The summed E-state index contributed by atoms with van der Waals surface area (Å²) in [7, 11) is 3.07. The fourth-order valence-corrected chi connectivity index (χ4v) is 5.28. The first-order valence-electron chi connectivity index (χ1n) is 12.1. The first kappa shape index (κ1) is 28.7. The number of amides is 3. The molecule has 2 aromatic rings. The van der Waals surface area contributed by atoms with Crippen LogP contribution in [0, 0.1) is 11.6 Å². The van der Waals surface area contributed by atoms with E-state index in [0.29, 0.717) is 19.3 Å². The number of nitrogens with one attached hydrogen (secondary N) is 2. The maximum Gasteiger partial charge on any atom is 0.409 e. The molecular formula is C26H27Cl2F2N3O6. The Balaban J connectivity index is 1.41. The average molecular weight is 586 g/mol. The van der Waals surface area contributed by atoms with Gasteiger partial charge in [0, 0.05) is 38.2 Å². The van der Waals surface area contributed by atoms with Crippen molar-refractivity contribution >= 4 is 41.1 Å². The summed E-state index contributed by atoms with van der Waals surface area (Å²) in [5.74, 6) is -2.05. The topological polar surface area (TPSA) is 106 Å². The van der Waals surface area contributed by atoms with Crippen molar-refractivity contribution in [3.8, 4) is 11.5 Å². The lowest BCUT2D eigenvalue weighted by Gasteiger charge is -2.36. The monoisotopic (exact) mass is 585 g/mol. The van der Waals surface area contributed by atoms with E-state index in [-0.39, 0.29) is 34.6 Å². The van der Waals surface area contributed by atoms with Gasteiger partial charge in [-0.3, -0.25) is 9.59 Å². The Hall–Kier alpha value is -3.31. The number of rotatable bonds is 9. The summed E-state index contributed by atoms with van der Waals surface area (Å²) in [5, 5.41) is 5.74. The van der Waals surface area contributed by atoms with E-state index in [2.05, 4.69) is 10.6 Å². The van der Waals surface area contributed by atoms with Crippen molar-refractivity contribution in [3.63, 3.8) is 0 Å². The number of ether oxygens (including phenoxy) is 3. The minimum atomic E-state index is -0.954. The third kappa shape index (κ3) is 6.65. The van der Waals surface area contributed by atoms with Crippen LogP contribution < -0.4 is 20.1 Å². The van der Waals surface area contributed by atoms with E-state index < -0.39 is 53.3 Å². The number of fused-ring (bicyclic) bond motifs is 2. The summed E-state index contributed by atoms with van der Waals surface area (Å²) in [6.45, 7) is -0.794. The Labute approximate surface area is 233 Å². The molecule has 0 radical (unpaired) electrons. The number of carbonyl (C=O) groups is 3. The molecule has 3 unspecified atom stereocenters. The highest BCUT2D eigenvalue weighted by molar-refractivity contribution is 6.31. The molecule has 0 saturated heterocycles. The molecule has 39 heavy (non-hydrogen) atoms. The van der Waals surface area contributed by atoms with Gasteiger partial charge in [-0.25, -0.2) is 13.6 Å². The Morgan fingerprint density at radius 2 is 1.46 bits per heavy atom. The third-order valence-corrected chi connectivity index (χ3v) is 7.43. The van der Waals surface area contributed by atoms with Crippen LogP contribution >= 0.6 is 23.2 Å². The first-order chi connectivity index (χ1) is 18.4. The zero-order chi connectivity index (χ0) is 28.4. The number of benzene rings is 2. The molecule has 0 spiro atoms. The van der Waals surface area contributed by atoms with Crippen molar-refractivity contribution in [2.75, 3.05) is 27.3 Å². The number of halogens is 4. The van der Waals surface area contributed by atoms with E-state index in [9.17, 15) is 23.2 Å². The van der Waals surface area contributed by atoms with Crippen LogP contribution in [-0.4, -0.2) is 67.3 Å². The van der Waals surface area contributed by atoms with Crippen molar-refractivity contribution in [1.82, 2.24) is 15.5 Å². The van der Waals surface area contributed by atoms with E-state index >= 15 is 0 Å². The number of hydrogen-bond acceptors (Lipinski definition) is 6. The molecule has 2 fully saturated rings. The standard InChI is InChI=1S/C26H27Cl2F2N3O6/c1-33(2)24(36)39-21-11-25(31-22(34)12-37-15-3-5-17(27)19(29)9-15)7-8-26(21,14-25)32-23(35)13-38-16-4-6-18(28)20(30)10-16/h3-6,9-10,21H,7-8,11-14H2,1-2H3,(H,31,34)(H,32,35). The van der Waals surface area contributed by atoms with Crippen LogP contribution in [0.1, 0.15) is 25.7 Å². The van der Waals surface area contributed by atoms with Gasteiger partial charge in [0.2, 0.25) is 0 Å². The normalized spacial score (nSPS) is 23.2. The zero-order valence-corrected chi connectivity index (χ0v) is 22.7. The second kappa shape index (κ2) is 11.4. The van der Waals surface area contributed by atoms with Crippen molar-refractivity contribution in [2.45, 2.75) is 42.9 Å². The van der Waals surface area contributed by atoms with E-state index in [1.165, 1.54) is 43.3 Å². The van der Waals surface area contributed by atoms with Crippen molar-refractivity contribution < 1.29 is 37.4 Å². The lowest BCUT2D eigenvalue weighted by Crippen LogP contribution is -2.56. The molecule has 3 atom stereocenters. The Bertz CT molecular complexity index is 1280. The van der Waals surface area contributed by atoms with Gasteiger partial charge in [0.1, 0.15) is 29.2 Å². The molecule has 210 valence electrons. The molecule has 3 amide bonds. The summed E-state index contributed by atoms with van der Waals surface area (Å²) < 4.78 is 43.8. The van der Waals surface area contributed by atoms with Gasteiger partial charge in [0.05, 0.1) is 15.6 Å². The highest BCUT2D eigenvalue weighted by Gasteiger charge is 2.63. The Kier molecular flexibility index (Phi) is 8.41. The molecule has 0 aliphatic heterocycles. The molecule has 2 aliphatic carbocycles. The molecule has 13 heteroatoms. The van der Waals surface area contributed by atoms with E-state index in [0.717, 1.165) is 12.1 Å². The largest absolute Gasteiger partial charge is 0.484 e. The van der Waals surface area contributed by atoms with Gasteiger partial charge in [-0.15, -0.1) is 0 Å². The quantitative estimate of drug-likeness (QED) is 0.459. The molecule has 4 rings (SSSR count). The molecule has 9 nitrogen and oxygen atoms in total. The fourth-order valence-electron chi connectivity index (χ4n) is 5.05. The summed E-state index contributed by atoms with van der Waals surface area (Å²) in [4.78, 5) is 39.3. The fraction of sp³-hybridized carbons (Fsp3) is 0.423. The Morgan fingerprint density at radius 1 is 0.923 bits per heavy atom. The third-order valence-electron chi connectivity index (χ3n) is 6.82.